The van der Waals surface area contributed by atoms with E-state index >= 15 is 0 Å². The zero-order valence-corrected chi connectivity index (χ0v) is 31.8. The zero-order chi connectivity index (χ0) is 38.4. The van der Waals surface area contributed by atoms with Gasteiger partial charge in [-0.1, -0.05) is 158 Å². The van der Waals surface area contributed by atoms with Gasteiger partial charge in [0.15, 0.2) is 0 Å². The molecule has 1 aliphatic rings. The van der Waals surface area contributed by atoms with E-state index in [1.54, 1.807) is 0 Å². The molecule has 2 aromatic heterocycles. The van der Waals surface area contributed by atoms with Crippen LogP contribution in [-0.2, 0) is 0 Å². The van der Waals surface area contributed by atoms with E-state index in [1.165, 1.54) is 16.4 Å². The van der Waals surface area contributed by atoms with Gasteiger partial charge in [-0.05, 0) is 83.1 Å². The van der Waals surface area contributed by atoms with E-state index in [-0.39, 0.29) is 20.9 Å². The van der Waals surface area contributed by atoms with Gasteiger partial charge < -0.3 is 14.2 Å². The van der Waals surface area contributed by atoms with Crippen molar-refractivity contribution < 1.29 is 0 Å². The van der Waals surface area contributed by atoms with Gasteiger partial charge in [0.2, 0.25) is 5.78 Å². The molecule has 0 amide bonds. The van der Waals surface area contributed by atoms with Gasteiger partial charge in [-0.2, -0.15) is 0 Å². The minimum atomic E-state index is -0.232. The van der Waals surface area contributed by atoms with E-state index in [9.17, 15) is 0 Å². The number of para-hydroxylation sites is 6. The average molecular weight is 742 g/mol. The van der Waals surface area contributed by atoms with Crippen molar-refractivity contribution in [2.24, 2.45) is 0 Å². The fourth-order valence-corrected chi connectivity index (χ4v) is 9.09. The summed E-state index contributed by atoms with van der Waals surface area (Å²) < 4.78 is 12.4. The molecule has 6 nitrogen and oxygen atoms in total. The number of nitrogens with zero attached hydrogens (tertiary/aromatic N) is 6. The normalized spacial score (nSPS) is 13.3. The Morgan fingerprint density at radius 1 is 0.310 bits per heavy atom. The number of anilines is 3. The van der Waals surface area contributed by atoms with Crippen molar-refractivity contribution in [3.63, 3.8) is 0 Å². The van der Waals surface area contributed by atoms with Crippen molar-refractivity contribution in [2.45, 2.75) is 0 Å². The fraction of sp³-hybridized carbons (Fsp3) is 0. The first kappa shape index (κ1) is 33.9. The minimum Gasteiger partial charge on any atom is -0.416 e. The first-order valence-electron chi connectivity index (χ1n) is 19.9. The van der Waals surface area contributed by atoms with Gasteiger partial charge in [0, 0.05) is 17.1 Å². The average Bonchev–Trinajstić information content (AvgIpc) is 3.84. The summed E-state index contributed by atoms with van der Waals surface area (Å²) in [7, 11) is 0. The fourth-order valence-electron chi connectivity index (χ4n) is 9.09. The van der Waals surface area contributed by atoms with Crippen LogP contribution >= 0.6 is 0 Å². The van der Waals surface area contributed by atoms with Crippen LogP contribution in [0.15, 0.2) is 224 Å². The molecule has 1 fully saturated rings. The van der Waals surface area contributed by atoms with E-state index in [0.29, 0.717) is 0 Å². The molecule has 11 rings (SSSR count). The smallest absolute Gasteiger partial charge is 0.388 e. The van der Waals surface area contributed by atoms with Crippen molar-refractivity contribution in [1.29, 1.82) is 0 Å². The highest BCUT2D eigenvalue weighted by atomic mass is 15.3. The lowest BCUT2D eigenvalue weighted by molar-refractivity contribution is 1.11. The van der Waals surface area contributed by atoms with Crippen LogP contribution in [0.3, 0.4) is 0 Å². The summed E-state index contributed by atoms with van der Waals surface area (Å²) in [5, 5.41) is 0. The Hall–Kier alpha value is -7.38. The summed E-state index contributed by atoms with van der Waals surface area (Å²) in [4.78, 5) is 5.24. The zero-order valence-electron chi connectivity index (χ0n) is 31.8. The van der Waals surface area contributed by atoms with E-state index in [4.69, 9.17) is 4.98 Å². The number of benzene rings is 8. The molecule has 9 heteroatoms. The van der Waals surface area contributed by atoms with E-state index < -0.39 is 0 Å². The monoisotopic (exact) mass is 742 g/mol. The summed E-state index contributed by atoms with van der Waals surface area (Å²) in [6.07, 6.45) is 0. The van der Waals surface area contributed by atoms with Crippen LogP contribution in [0.5, 0.6) is 0 Å². The van der Waals surface area contributed by atoms with Gasteiger partial charge in [-0.3, -0.25) is 8.97 Å². The second kappa shape index (κ2) is 14.3. The topological polar surface area (TPSA) is 32.0 Å². The Labute approximate surface area is 339 Å². The van der Waals surface area contributed by atoms with E-state index in [2.05, 4.69) is 248 Å². The van der Waals surface area contributed by atoms with Crippen molar-refractivity contribution >= 4 is 82.2 Å². The molecule has 0 N–H and O–H groups in total. The highest BCUT2D eigenvalue weighted by Gasteiger charge is 2.55. The predicted molar refractivity (Wildman–Crippen MR) is 245 cm³/mol. The molecule has 0 saturated carbocycles. The van der Waals surface area contributed by atoms with Crippen molar-refractivity contribution in [3.8, 4) is 5.69 Å². The Bertz CT molecular complexity index is 2910. The third kappa shape index (κ3) is 5.58. The molecular weight excluding hydrogens is 705 g/mol. The number of aromatic nitrogens is 3. The summed E-state index contributed by atoms with van der Waals surface area (Å²) in [5.74, 6) is 0.887. The number of imidazole rings is 2. The summed E-state index contributed by atoms with van der Waals surface area (Å²) in [5.41, 5.74) is 12.3. The largest absolute Gasteiger partial charge is 0.416 e. The van der Waals surface area contributed by atoms with Crippen LogP contribution in [0.25, 0.3) is 33.5 Å². The minimum absolute atomic E-state index is 0.189. The van der Waals surface area contributed by atoms with Gasteiger partial charge in [-0.25, -0.2) is 4.98 Å². The number of fused-ring (bicyclic) bond motifs is 5. The van der Waals surface area contributed by atoms with Crippen LogP contribution in [0.4, 0.5) is 17.1 Å². The third-order valence-electron chi connectivity index (χ3n) is 11.5. The molecule has 10 aromatic rings. The van der Waals surface area contributed by atoms with Crippen molar-refractivity contribution in [3.05, 3.63) is 224 Å². The third-order valence-corrected chi connectivity index (χ3v) is 11.5. The standard InChI is InChI=1S/C49H37B3N6/c1-6-21-38(22-7-1)50-56(41-27-12-4-13-28-41)51(39-23-8-2-9-24-39)58(52(40-25-10-3-11-26-40)57(50)42-29-14-5-15-30-42)44-32-20-31-43(37-44)54-47-35-18-19-36-48(47)55-46-34-17-16-33-45(46)53-49(54)55/h1-37H. The molecule has 272 valence electrons. The molecule has 0 spiro atoms. The molecule has 0 aliphatic carbocycles. The highest BCUT2D eigenvalue weighted by Crippen LogP contribution is 2.36. The number of rotatable bonds is 7. The van der Waals surface area contributed by atoms with Crippen LogP contribution < -0.4 is 30.6 Å². The van der Waals surface area contributed by atoms with E-state index in [0.717, 1.165) is 50.6 Å². The van der Waals surface area contributed by atoms with Crippen LogP contribution in [0.1, 0.15) is 0 Å². The first-order valence-corrected chi connectivity index (χ1v) is 19.9. The molecule has 0 atom stereocenters. The Balaban J connectivity index is 1.22. The molecule has 1 aliphatic heterocycles. The molecule has 0 radical (unpaired) electrons. The summed E-state index contributed by atoms with van der Waals surface area (Å²) >= 11 is 0. The molecule has 58 heavy (non-hydrogen) atoms. The van der Waals surface area contributed by atoms with Crippen molar-refractivity contribution in [2.75, 3.05) is 14.2 Å². The van der Waals surface area contributed by atoms with Gasteiger partial charge in [0.1, 0.15) is 0 Å². The Kier molecular flexibility index (Phi) is 8.36. The van der Waals surface area contributed by atoms with Gasteiger partial charge >= 0.3 is 20.9 Å². The second-order valence-electron chi connectivity index (χ2n) is 14.8. The lowest BCUT2D eigenvalue weighted by Gasteiger charge is -2.57. The second-order valence-corrected chi connectivity index (χ2v) is 14.8. The Morgan fingerprint density at radius 2 is 0.690 bits per heavy atom. The van der Waals surface area contributed by atoms with Crippen LogP contribution in [0.2, 0.25) is 0 Å². The molecule has 3 heterocycles. The lowest BCUT2D eigenvalue weighted by Crippen LogP contribution is -2.86. The number of hydrogen-bond acceptors (Lipinski definition) is 4. The molecule has 1 saturated heterocycles. The molecule has 0 unspecified atom stereocenters. The molecule has 8 aromatic carbocycles. The first-order chi connectivity index (χ1) is 28.8. The summed E-state index contributed by atoms with van der Waals surface area (Å²) in [6, 6.07) is 80.8. The molecule has 0 bridgehead atoms. The summed E-state index contributed by atoms with van der Waals surface area (Å²) in [6.45, 7) is -0.652. The van der Waals surface area contributed by atoms with Gasteiger partial charge in [0.25, 0.3) is 0 Å². The Morgan fingerprint density at radius 3 is 1.21 bits per heavy atom. The van der Waals surface area contributed by atoms with Gasteiger partial charge in [-0.15, -0.1) is 0 Å². The maximum absolute atomic E-state index is 5.24. The SMILES string of the molecule is c1ccc(B2N(c3ccccc3)B(c3ccccc3)N(c3cccc(-n4c5ccccc5n5c6ccccc6nc45)c3)B(c3ccccc3)N2c2ccccc2)cc1. The highest BCUT2D eigenvalue weighted by molar-refractivity contribution is 7.14. The van der Waals surface area contributed by atoms with Crippen LogP contribution in [0, 0.1) is 0 Å². The maximum Gasteiger partial charge on any atom is 0.388 e. The lowest BCUT2D eigenvalue weighted by atomic mass is 9.37. The van der Waals surface area contributed by atoms with E-state index in [1.807, 2.05) is 0 Å². The van der Waals surface area contributed by atoms with Gasteiger partial charge in [0.05, 0.1) is 27.8 Å². The van der Waals surface area contributed by atoms with Crippen LogP contribution in [-0.4, -0.2) is 34.9 Å². The molecular formula is C49H37B3N6. The maximum atomic E-state index is 5.24. The van der Waals surface area contributed by atoms with Crippen molar-refractivity contribution in [1.82, 2.24) is 14.0 Å². The quantitative estimate of drug-likeness (QED) is 0.154. The predicted octanol–water partition coefficient (Wildman–Crippen LogP) is 8.45. The number of hydrogen-bond donors (Lipinski definition) is 0.